The second-order valence-electron chi connectivity index (χ2n) is 4.36. The zero-order valence-electron chi connectivity index (χ0n) is 11.0. The first-order chi connectivity index (χ1) is 10.0. The van der Waals surface area contributed by atoms with E-state index in [2.05, 4.69) is 10.6 Å². The van der Waals surface area contributed by atoms with Gasteiger partial charge < -0.3 is 10.6 Å². The van der Waals surface area contributed by atoms with E-state index in [1.807, 2.05) is 0 Å². The maximum Gasteiger partial charge on any atom is 0.226 e. The zero-order chi connectivity index (χ0) is 15.2. The summed E-state index contributed by atoms with van der Waals surface area (Å²) in [5.74, 6) is -2.03. The maximum atomic E-state index is 13.0. The van der Waals surface area contributed by atoms with Crippen LogP contribution in [0, 0.1) is 11.6 Å². The SMILES string of the molecule is O=C(CCNc1ccc(F)c(F)c1)Nc1cccc(Cl)c1. The van der Waals surface area contributed by atoms with Crippen molar-refractivity contribution in [3.05, 3.63) is 59.1 Å². The van der Waals surface area contributed by atoms with Crippen molar-refractivity contribution in [2.24, 2.45) is 0 Å². The van der Waals surface area contributed by atoms with Gasteiger partial charge in [-0.1, -0.05) is 17.7 Å². The molecule has 2 rings (SSSR count). The van der Waals surface area contributed by atoms with Gasteiger partial charge in [-0.05, 0) is 36.4 Å². The van der Waals surface area contributed by atoms with Gasteiger partial charge in [0.25, 0.3) is 0 Å². The molecule has 0 spiro atoms. The molecule has 3 nitrogen and oxygen atoms in total. The number of nitrogens with one attached hydrogen (secondary N) is 2. The lowest BCUT2D eigenvalue weighted by Crippen LogP contribution is -2.16. The average molecular weight is 311 g/mol. The van der Waals surface area contributed by atoms with Crippen LogP contribution < -0.4 is 10.6 Å². The predicted molar refractivity (Wildman–Crippen MR) is 79.5 cm³/mol. The normalized spacial score (nSPS) is 10.2. The summed E-state index contributed by atoms with van der Waals surface area (Å²) in [6.07, 6.45) is 0.186. The van der Waals surface area contributed by atoms with Crippen molar-refractivity contribution in [2.45, 2.75) is 6.42 Å². The topological polar surface area (TPSA) is 41.1 Å². The molecule has 0 atom stereocenters. The van der Waals surface area contributed by atoms with Gasteiger partial charge in [-0.25, -0.2) is 8.78 Å². The van der Waals surface area contributed by atoms with Gasteiger partial charge in [0.2, 0.25) is 5.91 Å². The molecule has 0 saturated heterocycles. The van der Waals surface area contributed by atoms with Crippen LogP contribution >= 0.6 is 11.6 Å². The standard InChI is InChI=1S/C15H13ClF2N2O/c16-10-2-1-3-12(8-10)20-15(21)6-7-19-11-4-5-13(17)14(18)9-11/h1-5,8-9,19H,6-7H2,(H,20,21). The summed E-state index contributed by atoms with van der Waals surface area (Å²) in [7, 11) is 0. The van der Waals surface area contributed by atoms with Crippen LogP contribution in [0.1, 0.15) is 6.42 Å². The van der Waals surface area contributed by atoms with Gasteiger partial charge in [-0.15, -0.1) is 0 Å². The van der Waals surface area contributed by atoms with Gasteiger partial charge in [0.05, 0.1) is 0 Å². The lowest BCUT2D eigenvalue weighted by atomic mass is 10.2. The maximum absolute atomic E-state index is 13.0. The summed E-state index contributed by atoms with van der Waals surface area (Å²) >= 11 is 5.81. The van der Waals surface area contributed by atoms with Crippen LogP contribution in [0.4, 0.5) is 20.2 Å². The Hall–Kier alpha value is -2.14. The van der Waals surface area contributed by atoms with Crippen LogP contribution in [0.3, 0.4) is 0 Å². The summed E-state index contributed by atoms with van der Waals surface area (Å²) in [6.45, 7) is 0.303. The van der Waals surface area contributed by atoms with Crippen molar-refractivity contribution >= 4 is 28.9 Å². The smallest absolute Gasteiger partial charge is 0.226 e. The number of hydrogen-bond donors (Lipinski definition) is 2. The minimum atomic E-state index is -0.927. The molecule has 0 aliphatic rings. The number of anilines is 2. The zero-order valence-corrected chi connectivity index (χ0v) is 11.8. The van der Waals surface area contributed by atoms with Gasteiger partial charge in [-0.2, -0.15) is 0 Å². The Morgan fingerprint density at radius 2 is 1.86 bits per heavy atom. The van der Waals surface area contributed by atoms with E-state index >= 15 is 0 Å². The fourth-order valence-corrected chi connectivity index (χ4v) is 1.91. The number of amides is 1. The van der Waals surface area contributed by atoms with Crippen molar-refractivity contribution in [3.8, 4) is 0 Å². The molecule has 0 fully saturated rings. The molecule has 0 aliphatic heterocycles. The monoisotopic (exact) mass is 310 g/mol. The Morgan fingerprint density at radius 3 is 2.57 bits per heavy atom. The first kappa shape index (κ1) is 15.3. The van der Waals surface area contributed by atoms with Crippen LogP contribution in [0.2, 0.25) is 5.02 Å². The van der Waals surface area contributed by atoms with Gasteiger partial charge in [0.15, 0.2) is 11.6 Å². The van der Waals surface area contributed by atoms with Crippen molar-refractivity contribution in [2.75, 3.05) is 17.2 Å². The van der Waals surface area contributed by atoms with E-state index in [0.29, 0.717) is 22.9 Å². The molecule has 21 heavy (non-hydrogen) atoms. The van der Waals surface area contributed by atoms with Crippen molar-refractivity contribution in [1.82, 2.24) is 0 Å². The molecule has 0 aromatic heterocycles. The molecule has 6 heteroatoms. The summed E-state index contributed by atoms with van der Waals surface area (Å²) in [4.78, 5) is 11.7. The number of carbonyl (C=O) groups is 1. The van der Waals surface area contributed by atoms with E-state index in [0.717, 1.165) is 12.1 Å². The Bertz CT molecular complexity index is 649. The molecule has 1 amide bonds. The van der Waals surface area contributed by atoms with Crippen molar-refractivity contribution in [3.63, 3.8) is 0 Å². The summed E-state index contributed by atoms with van der Waals surface area (Å²) in [6, 6.07) is 10.3. The third-order valence-electron chi connectivity index (χ3n) is 2.71. The van der Waals surface area contributed by atoms with E-state index in [4.69, 9.17) is 11.6 Å². The van der Waals surface area contributed by atoms with Crippen LogP contribution in [-0.4, -0.2) is 12.5 Å². The first-order valence-electron chi connectivity index (χ1n) is 6.29. The highest BCUT2D eigenvalue weighted by atomic mass is 35.5. The van der Waals surface area contributed by atoms with Crippen molar-refractivity contribution in [1.29, 1.82) is 0 Å². The van der Waals surface area contributed by atoms with E-state index in [9.17, 15) is 13.6 Å². The number of halogens is 3. The Balaban J connectivity index is 1.80. The van der Waals surface area contributed by atoms with Crippen LogP contribution in [0.5, 0.6) is 0 Å². The highest BCUT2D eigenvalue weighted by Crippen LogP contribution is 2.15. The molecule has 2 N–H and O–H groups in total. The van der Waals surface area contributed by atoms with E-state index in [1.165, 1.54) is 6.07 Å². The number of carbonyl (C=O) groups excluding carboxylic acids is 1. The first-order valence-corrected chi connectivity index (χ1v) is 6.67. The number of benzene rings is 2. The predicted octanol–water partition coefficient (Wildman–Crippen LogP) is 4.06. The Labute approximate surface area is 125 Å². The molecule has 0 radical (unpaired) electrons. The number of hydrogen-bond acceptors (Lipinski definition) is 2. The summed E-state index contributed by atoms with van der Waals surface area (Å²) < 4.78 is 25.7. The fraction of sp³-hybridized carbons (Fsp3) is 0.133. The Kier molecular flexibility index (Phi) is 5.11. The van der Waals surface area contributed by atoms with Gasteiger partial charge in [-0.3, -0.25) is 4.79 Å². The minimum Gasteiger partial charge on any atom is -0.384 e. The minimum absolute atomic E-state index is 0.186. The van der Waals surface area contributed by atoms with Crippen LogP contribution in [-0.2, 0) is 4.79 Å². The highest BCUT2D eigenvalue weighted by molar-refractivity contribution is 6.30. The third-order valence-corrected chi connectivity index (χ3v) is 2.94. The van der Waals surface area contributed by atoms with Crippen LogP contribution in [0.25, 0.3) is 0 Å². The summed E-state index contributed by atoms with van der Waals surface area (Å²) in [5, 5.41) is 6.07. The lowest BCUT2D eigenvalue weighted by molar-refractivity contribution is -0.115. The van der Waals surface area contributed by atoms with E-state index in [1.54, 1.807) is 24.3 Å². The van der Waals surface area contributed by atoms with Gasteiger partial charge in [0, 0.05) is 29.4 Å². The quantitative estimate of drug-likeness (QED) is 0.874. The molecular formula is C15H13ClF2N2O. The second kappa shape index (κ2) is 7.04. The van der Waals surface area contributed by atoms with Crippen molar-refractivity contribution < 1.29 is 13.6 Å². The molecule has 110 valence electrons. The molecule has 0 heterocycles. The molecule has 0 saturated carbocycles. The molecular weight excluding hydrogens is 298 g/mol. The second-order valence-corrected chi connectivity index (χ2v) is 4.80. The van der Waals surface area contributed by atoms with E-state index < -0.39 is 11.6 Å². The largest absolute Gasteiger partial charge is 0.384 e. The van der Waals surface area contributed by atoms with Gasteiger partial charge in [0.1, 0.15) is 0 Å². The Morgan fingerprint density at radius 1 is 1.05 bits per heavy atom. The average Bonchev–Trinajstić information content (AvgIpc) is 2.43. The molecule has 0 aliphatic carbocycles. The molecule has 0 bridgehead atoms. The molecule has 0 unspecified atom stereocenters. The van der Waals surface area contributed by atoms with E-state index in [-0.39, 0.29) is 12.3 Å². The van der Waals surface area contributed by atoms with Gasteiger partial charge >= 0.3 is 0 Å². The lowest BCUT2D eigenvalue weighted by Gasteiger charge is -2.08. The number of rotatable bonds is 5. The third kappa shape index (κ3) is 4.72. The fourth-order valence-electron chi connectivity index (χ4n) is 1.72. The highest BCUT2D eigenvalue weighted by Gasteiger charge is 2.04. The molecule has 2 aromatic rings. The molecule has 2 aromatic carbocycles. The summed E-state index contributed by atoms with van der Waals surface area (Å²) in [5.41, 5.74) is 1.03. The van der Waals surface area contributed by atoms with Crippen LogP contribution in [0.15, 0.2) is 42.5 Å².